The quantitative estimate of drug-likeness (QED) is 0.251. The van der Waals surface area contributed by atoms with Crippen molar-refractivity contribution < 1.29 is 58.9 Å². The first-order valence-electron chi connectivity index (χ1n) is 9.94. The molecule has 0 saturated carbocycles. The molecule has 2 aromatic carbocycles. The summed E-state index contributed by atoms with van der Waals surface area (Å²) in [6.07, 6.45) is 6.64. The maximum atomic E-state index is 13.2. The summed E-state index contributed by atoms with van der Waals surface area (Å²) in [6.45, 7) is 0. The number of rotatable bonds is 3. The second-order valence-electron chi connectivity index (χ2n) is 6.47. The monoisotopic (exact) mass is 842 g/mol. The van der Waals surface area contributed by atoms with Gasteiger partial charge in [0.15, 0.2) is 0 Å². The number of para-hydroxylation sites is 1. The molecule has 5 rings (SSSR count). The summed E-state index contributed by atoms with van der Waals surface area (Å²) in [7, 11) is 0. The molecule has 0 atom stereocenters. The number of carboxylic acid groups (broad SMARTS) is 1. The Morgan fingerprint density at radius 3 is 2.08 bits per heavy atom. The van der Waals surface area contributed by atoms with Gasteiger partial charge in [0.25, 0.3) is 0 Å². The minimum Gasteiger partial charge on any atom is -0.477 e. The van der Waals surface area contributed by atoms with E-state index in [-0.39, 0.29) is 51.5 Å². The van der Waals surface area contributed by atoms with Gasteiger partial charge in [0.2, 0.25) is 0 Å². The molecule has 1 N–H and O–H groups in total. The minimum absolute atomic E-state index is 0. The third-order valence-electron chi connectivity index (χ3n) is 4.11. The number of halogens is 2. The SMILES string of the molecule is Fc1c[c-]c(-c2ccccn2)c(F)c1.O=C(O)c1ccccn1.[Ir].[Ir].[c-]1ccccc1-n1cccn1. The minimum atomic E-state index is -0.990. The molecule has 2 radical (unpaired) electrons. The van der Waals surface area contributed by atoms with Crippen LogP contribution in [-0.2, 0) is 40.2 Å². The molecule has 0 spiro atoms. The van der Waals surface area contributed by atoms with Crippen LogP contribution in [0.4, 0.5) is 8.78 Å². The Balaban J connectivity index is 0.000000269. The van der Waals surface area contributed by atoms with Gasteiger partial charge in [-0.15, -0.1) is 18.2 Å². The summed E-state index contributed by atoms with van der Waals surface area (Å²) >= 11 is 0. The Kier molecular flexibility index (Phi) is 13.8. The Hall–Kier alpha value is -3.42. The van der Waals surface area contributed by atoms with E-state index >= 15 is 0 Å². The fourth-order valence-electron chi connectivity index (χ4n) is 2.58. The maximum Gasteiger partial charge on any atom is 0.354 e. The van der Waals surface area contributed by atoms with Gasteiger partial charge in [0.1, 0.15) is 5.69 Å². The molecule has 0 unspecified atom stereocenters. The maximum absolute atomic E-state index is 13.2. The number of benzene rings is 2. The molecule has 36 heavy (non-hydrogen) atoms. The predicted molar refractivity (Wildman–Crippen MR) is 122 cm³/mol. The van der Waals surface area contributed by atoms with Crippen LogP contribution in [0.15, 0.2) is 104 Å². The molecule has 0 amide bonds. The van der Waals surface area contributed by atoms with E-state index in [1.165, 1.54) is 12.3 Å². The van der Waals surface area contributed by atoms with Gasteiger partial charge in [-0.25, -0.2) is 9.78 Å². The van der Waals surface area contributed by atoms with Gasteiger partial charge in [-0.2, -0.15) is 29.4 Å². The molecular weight excluding hydrogens is 823 g/mol. The number of pyridine rings is 2. The van der Waals surface area contributed by atoms with E-state index in [1.807, 2.05) is 36.5 Å². The number of aromatic carboxylic acids is 1. The van der Waals surface area contributed by atoms with Crippen LogP contribution in [0.5, 0.6) is 0 Å². The van der Waals surface area contributed by atoms with Crippen molar-refractivity contribution in [2.75, 3.05) is 0 Å². The fraction of sp³-hybridized carbons (Fsp3) is 0. The van der Waals surface area contributed by atoms with E-state index < -0.39 is 17.6 Å². The van der Waals surface area contributed by atoms with Crippen LogP contribution >= 0.6 is 0 Å². The smallest absolute Gasteiger partial charge is 0.354 e. The van der Waals surface area contributed by atoms with E-state index in [2.05, 4.69) is 27.2 Å². The second kappa shape index (κ2) is 16.3. The zero-order valence-electron chi connectivity index (χ0n) is 18.4. The van der Waals surface area contributed by atoms with Gasteiger partial charge in [0, 0.05) is 76.6 Å². The third kappa shape index (κ3) is 9.68. The molecule has 0 aliphatic rings. The Labute approximate surface area is 233 Å². The van der Waals surface area contributed by atoms with Crippen molar-refractivity contribution in [3.8, 4) is 16.9 Å². The molecule has 3 aromatic heterocycles. The molecule has 10 heteroatoms. The summed E-state index contributed by atoms with van der Waals surface area (Å²) in [5.41, 5.74) is 1.69. The van der Waals surface area contributed by atoms with Gasteiger partial charge in [0.05, 0.1) is 0 Å². The van der Waals surface area contributed by atoms with Crippen molar-refractivity contribution in [2.24, 2.45) is 0 Å². The first-order chi connectivity index (χ1) is 16.5. The number of carbonyl (C=O) groups is 1. The molecule has 5 aromatic rings. The third-order valence-corrected chi connectivity index (χ3v) is 4.11. The summed E-state index contributed by atoms with van der Waals surface area (Å²) in [4.78, 5) is 17.7. The second-order valence-corrected chi connectivity index (χ2v) is 6.47. The standard InChI is InChI=1S/C11H6F2N.C9H7N2.C6H5NO2.2Ir/c12-8-4-5-9(10(13)7-8)11-3-1-2-6-14-11;1-2-5-9(6-3-1)11-8-4-7-10-11;8-6(9)5-3-1-2-4-7-5;;/h1-4,6-7H;1-5,7-8H;1-4H,(H,8,9);;/q2*-1;;;. The van der Waals surface area contributed by atoms with Crippen molar-refractivity contribution in [3.63, 3.8) is 0 Å². The van der Waals surface area contributed by atoms with E-state index in [1.54, 1.807) is 47.4 Å². The molecular formula is C26H18F2Ir2N4O2-2. The Morgan fingerprint density at radius 1 is 0.861 bits per heavy atom. The van der Waals surface area contributed by atoms with Crippen LogP contribution in [0.3, 0.4) is 0 Å². The number of nitrogens with zero attached hydrogens (tertiary/aromatic N) is 4. The molecule has 188 valence electrons. The van der Waals surface area contributed by atoms with Crippen molar-refractivity contribution in [1.82, 2.24) is 19.7 Å². The van der Waals surface area contributed by atoms with Crippen LogP contribution in [0.2, 0.25) is 0 Å². The molecule has 3 heterocycles. The van der Waals surface area contributed by atoms with Crippen molar-refractivity contribution in [3.05, 3.63) is 133 Å². The average molecular weight is 841 g/mol. The predicted octanol–water partition coefficient (Wildman–Crippen LogP) is 5.27. The molecule has 0 bridgehead atoms. The van der Waals surface area contributed by atoms with Crippen molar-refractivity contribution in [2.45, 2.75) is 0 Å². The van der Waals surface area contributed by atoms with Crippen LogP contribution in [0.1, 0.15) is 10.5 Å². The first kappa shape index (κ1) is 30.6. The van der Waals surface area contributed by atoms with Gasteiger partial charge in [-0.05, 0) is 35.6 Å². The van der Waals surface area contributed by atoms with E-state index in [0.29, 0.717) is 5.69 Å². The largest absolute Gasteiger partial charge is 0.477 e. The number of hydrogen-bond donors (Lipinski definition) is 1. The summed E-state index contributed by atoms with van der Waals surface area (Å²) in [5.74, 6) is -2.28. The summed E-state index contributed by atoms with van der Waals surface area (Å²) in [6, 6.07) is 27.0. The topological polar surface area (TPSA) is 80.9 Å². The fourth-order valence-corrected chi connectivity index (χ4v) is 2.58. The number of hydrogen-bond acceptors (Lipinski definition) is 4. The van der Waals surface area contributed by atoms with Crippen LogP contribution < -0.4 is 0 Å². The van der Waals surface area contributed by atoms with Gasteiger partial charge in [-0.3, -0.25) is 13.5 Å². The Morgan fingerprint density at radius 2 is 1.58 bits per heavy atom. The van der Waals surface area contributed by atoms with Crippen LogP contribution in [0, 0.1) is 23.8 Å². The number of aromatic nitrogens is 4. The van der Waals surface area contributed by atoms with Crippen LogP contribution in [0.25, 0.3) is 16.9 Å². The van der Waals surface area contributed by atoms with E-state index in [4.69, 9.17) is 5.11 Å². The van der Waals surface area contributed by atoms with Crippen molar-refractivity contribution >= 4 is 5.97 Å². The first-order valence-corrected chi connectivity index (χ1v) is 9.94. The van der Waals surface area contributed by atoms with Gasteiger partial charge in [-0.1, -0.05) is 29.8 Å². The molecule has 6 nitrogen and oxygen atoms in total. The normalized spacial score (nSPS) is 9.17. The molecule has 0 aliphatic heterocycles. The van der Waals surface area contributed by atoms with Crippen molar-refractivity contribution in [1.29, 1.82) is 0 Å². The zero-order valence-corrected chi connectivity index (χ0v) is 23.2. The average Bonchev–Trinajstić information content (AvgIpc) is 3.42. The Bertz CT molecular complexity index is 1300. The van der Waals surface area contributed by atoms with Gasteiger partial charge < -0.3 is 10.1 Å². The van der Waals surface area contributed by atoms with E-state index in [0.717, 1.165) is 17.8 Å². The molecule has 0 fully saturated rings. The number of carboxylic acids is 1. The van der Waals surface area contributed by atoms with Gasteiger partial charge >= 0.3 is 5.97 Å². The zero-order chi connectivity index (χ0) is 24.2. The molecule has 0 aliphatic carbocycles. The van der Waals surface area contributed by atoms with Crippen LogP contribution in [-0.4, -0.2) is 30.8 Å². The molecule has 0 saturated heterocycles. The summed E-state index contributed by atoms with van der Waals surface area (Å²) < 4.78 is 27.6. The summed E-state index contributed by atoms with van der Waals surface area (Å²) in [5, 5.41) is 12.4. The van der Waals surface area contributed by atoms with E-state index in [9.17, 15) is 13.6 Å².